The molecule has 2 aromatic carbocycles. The summed E-state index contributed by atoms with van der Waals surface area (Å²) in [5, 5.41) is 31.2. The number of nitriles is 2. The number of benzene rings is 2. The third-order valence-corrected chi connectivity index (χ3v) is 3.88. The second kappa shape index (κ2) is 7.34. The van der Waals surface area contributed by atoms with Gasteiger partial charge in [0.25, 0.3) is 0 Å². The summed E-state index contributed by atoms with van der Waals surface area (Å²) in [5.41, 5.74) is 5.95. The molecular formula is C20H13N5O2. The minimum atomic E-state index is -1.01. The Hall–Kier alpha value is -4.23. The third-order valence-electron chi connectivity index (χ3n) is 3.88. The maximum absolute atomic E-state index is 11.7. The van der Waals surface area contributed by atoms with E-state index in [-0.39, 0.29) is 11.3 Å². The number of nitrogens with one attached hydrogen (secondary N) is 1. The van der Waals surface area contributed by atoms with Gasteiger partial charge in [-0.15, -0.1) is 0 Å². The van der Waals surface area contributed by atoms with Gasteiger partial charge in [-0.1, -0.05) is 23.8 Å². The maximum Gasteiger partial charge on any atom is 0.336 e. The first-order chi connectivity index (χ1) is 13.0. The quantitative estimate of drug-likeness (QED) is 0.543. The first kappa shape index (κ1) is 17.6. The van der Waals surface area contributed by atoms with Gasteiger partial charge in [0, 0.05) is 10.9 Å². The molecule has 0 radical (unpaired) electrons. The van der Waals surface area contributed by atoms with E-state index >= 15 is 0 Å². The number of carboxylic acids is 1. The second-order valence-corrected chi connectivity index (χ2v) is 5.75. The van der Waals surface area contributed by atoms with Crippen molar-refractivity contribution in [1.29, 1.82) is 10.5 Å². The molecule has 27 heavy (non-hydrogen) atoms. The molecule has 0 bridgehead atoms. The van der Waals surface area contributed by atoms with E-state index in [9.17, 15) is 9.90 Å². The van der Waals surface area contributed by atoms with Crippen molar-refractivity contribution in [3.63, 3.8) is 0 Å². The number of carboxylic acid groups (broad SMARTS) is 1. The van der Waals surface area contributed by atoms with Crippen LogP contribution in [0.1, 0.15) is 15.9 Å². The Labute approximate surface area is 154 Å². The number of rotatable bonds is 4. The van der Waals surface area contributed by atoms with Crippen molar-refractivity contribution in [2.24, 2.45) is 5.10 Å². The molecule has 3 rings (SSSR count). The number of aromatic nitrogens is 1. The van der Waals surface area contributed by atoms with Gasteiger partial charge in [-0.25, -0.2) is 9.78 Å². The average molecular weight is 355 g/mol. The average Bonchev–Trinajstić information content (AvgIpc) is 2.68. The van der Waals surface area contributed by atoms with E-state index in [4.69, 9.17) is 10.5 Å². The van der Waals surface area contributed by atoms with E-state index in [2.05, 4.69) is 15.5 Å². The number of hydrogen-bond donors (Lipinski definition) is 2. The van der Waals surface area contributed by atoms with Crippen LogP contribution in [0.25, 0.3) is 22.2 Å². The number of hydrazone groups is 1. The lowest BCUT2D eigenvalue weighted by Gasteiger charge is -2.08. The molecule has 0 amide bonds. The molecule has 130 valence electrons. The Morgan fingerprint density at radius 2 is 1.81 bits per heavy atom. The number of hydrogen-bond acceptors (Lipinski definition) is 6. The number of pyridine rings is 1. The zero-order valence-electron chi connectivity index (χ0n) is 14.3. The molecule has 7 nitrogen and oxygen atoms in total. The molecular weight excluding hydrogens is 342 g/mol. The van der Waals surface area contributed by atoms with Crippen molar-refractivity contribution >= 4 is 28.3 Å². The molecule has 1 heterocycles. The first-order valence-electron chi connectivity index (χ1n) is 7.91. The van der Waals surface area contributed by atoms with Crippen LogP contribution in [0.2, 0.25) is 0 Å². The SMILES string of the molecule is Cc1ccc2nc(-c3ccc(NN=C(C#N)C#N)cc3)cc(C(=O)O)c2c1. The van der Waals surface area contributed by atoms with Crippen LogP contribution in [0, 0.1) is 29.6 Å². The standard InChI is InChI=1S/C20H13N5O2/c1-12-2-7-18-16(8-12)17(20(26)27)9-19(23-18)13-3-5-14(6-4-13)24-25-15(10-21)11-22/h2-9,24H,1H3,(H,26,27). The van der Waals surface area contributed by atoms with Crippen molar-refractivity contribution in [3.05, 3.63) is 59.7 Å². The summed E-state index contributed by atoms with van der Waals surface area (Å²) in [6.07, 6.45) is 0. The first-order valence-corrected chi connectivity index (χ1v) is 7.91. The monoisotopic (exact) mass is 355 g/mol. The van der Waals surface area contributed by atoms with E-state index < -0.39 is 5.97 Å². The molecule has 0 fully saturated rings. The van der Waals surface area contributed by atoms with E-state index in [0.717, 1.165) is 11.1 Å². The molecule has 0 unspecified atom stereocenters. The number of aromatic carboxylic acids is 1. The van der Waals surface area contributed by atoms with Crippen molar-refractivity contribution in [3.8, 4) is 23.4 Å². The predicted molar refractivity (Wildman–Crippen MR) is 101 cm³/mol. The van der Waals surface area contributed by atoms with Crippen LogP contribution >= 0.6 is 0 Å². The summed E-state index contributed by atoms with van der Waals surface area (Å²) in [7, 11) is 0. The fraction of sp³-hybridized carbons (Fsp3) is 0.0500. The summed E-state index contributed by atoms with van der Waals surface area (Å²) < 4.78 is 0. The minimum Gasteiger partial charge on any atom is -0.478 e. The van der Waals surface area contributed by atoms with Crippen LogP contribution < -0.4 is 5.43 Å². The van der Waals surface area contributed by atoms with Gasteiger partial charge in [-0.2, -0.15) is 15.6 Å². The molecule has 0 aliphatic carbocycles. The Balaban J connectivity index is 1.99. The van der Waals surface area contributed by atoms with Gasteiger partial charge in [0.1, 0.15) is 12.1 Å². The zero-order chi connectivity index (χ0) is 19.4. The van der Waals surface area contributed by atoms with Crippen molar-refractivity contribution in [2.75, 3.05) is 5.43 Å². The van der Waals surface area contributed by atoms with Gasteiger partial charge in [-0.3, -0.25) is 5.43 Å². The van der Waals surface area contributed by atoms with Gasteiger partial charge < -0.3 is 5.11 Å². The van der Waals surface area contributed by atoms with E-state index in [1.807, 2.05) is 19.1 Å². The number of aryl methyl sites for hydroxylation is 1. The molecule has 2 N–H and O–H groups in total. The molecule has 0 saturated carbocycles. The summed E-state index contributed by atoms with van der Waals surface area (Å²) in [6, 6.07) is 17.3. The van der Waals surface area contributed by atoms with Crippen molar-refractivity contribution in [1.82, 2.24) is 4.98 Å². The molecule has 0 saturated heterocycles. The van der Waals surface area contributed by atoms with E-state index in [1.165, 1.54) is 0 Å². The maximum atomic E-state index is 11.7. The Morgan fingerprint density at radius 1 is 1.11 bits per heavy atom. The molecule has 0 aliphatic rings. The van der Waals surface area contributed by atoms with Gasteiger partial charge in [0.05, 0.1) is 22.5 Å². The summed E-state index contributed by atoms with van der Waals surface area (Å²) in [4.78, 5) is 16.2. The van der Waals surface area contributed by atoms with E-state index in [1.54, 1.807) is 48.5 Å². The Bertz CT molecular complexity index is 1140. The van der Waals surface area contributed by atoms with Crippen LogP contribution in [0.15, 0.2) is 53.6 Å². The second-order valence-electron chi connectivity index (χ2n) is 5.75. The largest absolute Gasteiger partial charge is 0.478 e. The smallest absolute Gasteiger partial charge is 0.336 e. The molecule has 3 aromatic rings. The molecule has 0 aliphatic heterocycles. The molecule has 0 atom stereocenters. The summed E-state index contributed by atoms with van der Waals surface area (Å²) in [5.74, 6) is -1.01. The summed E-state index contributed by atoms with van der Waals surface area (Å²) in [6.45, 7) is 1.90. The van der Waals surface area contributed by atoms with Crippen molar-refractivity contribution < 1.29 is 9.90 Å². The van der Waals surface area contributed by atoms with Crippen LogP contribution in [0.4, 0.5) is 5.69 Å². The number of fused-ring (bicyclic) bond motifs is 1. The lowest BCUT2D eigenvalue weighted by atomic mass is 10.0. The normalized spacial score (nSPS) is 9.89. The van der Waals surface area contributed by atoms with Gasteiger partial charge in [-0.05, 0) is 37.3 Å². The third kappa shape index (κ3) is 3.73. The lowest BCUT2D eigenvalue weighted by Crippen LogP contribution is -2.00. The number of anilines is 1. The minimum absolute atomic E-state index is 0.193. The lowest BCUT2D eigenvalue weighted by molar-refractivity contribution is 0.0699. The molecule has 0 spiro atoms. The number of nitrogens with zero attached hydrogens (tertiary/aromatic N) is 4. The fourth-order valence-corrected chi connectivity index (χ4v) is 2.58. The van der Waals surface area contributed by atoms with Gasteiger partial charge in [0.15, 0.2) is 0 Å². The highest BCUT2D eigenvalue weighted by atomic mass is 16.4. The topological polar surface area (TPSA) is 122 Å². The zero-order valence-corrected chi connectivity index (χ0v) is 14.3. The van der Waals surface area contributed by atoms with Crippen LogP contribution in [0.3, 0.4) is 0 Å². The predicted octanol–water partition coefficient (Wildman–Crippen LogP) is 3.72. The fourth-order valence-electron chi connectivity index (χ4n) is 2.58. The van der Waals surface area contributed by atoms with Gasteiger partial charge >= 0.3 is 5.97 Å². The van der Waals surface area contributed by atoms with E-state index in [0.29, 0.717) is 22.3 Å². The highest BCUT2D eigenvalue weighted by Gasteiger charge is 2.13. The Kier molecular flexibility index (Phi) is 4.78. The Morgan fingerprint density at radius 3 is 2.44 bits per heavy atom. The van der Waals surface area contributed by atoms with Crippen LogP contribution in [0.5, 0.6) is 0 Å². The van der Waals surface area contributed by atoms with Crippen LogP contribution in [-0.2, 0) is 0 Å². The van der Waals surface area contributed by atoms with Crippen molar-refractivity contribution in [2.45, 2.75) is 6.92 Å². The highest BCUT2D eigenvalue weighted by Crippen LogP contribution is 2.26. The molecule has 7 heteroatoms. The highest BCUT2D eigenvalue weighted by molar-refractivity contribution is 6.10. The van der Waals surface area contributed by atoms with Crippen LogP contribution in [-0.4, -0.2) is 21.8 Å². The molecule has 1 aromatic heterocycles. The number of carbonyl (C=O) groups is 1. The summed E-state index contributed by atoms with van der Waals surface area (Å²) >= 11 is 0. The van der Waals surface area contributed by atoms with Gasteiger partial charge in [0.2, 0.25) is 5.71 Å².